The highest BCUT2D eigenvalue weighted by Gasteiger charge is 2.10. The average Bonchev–Trinajstić information content (AvgIpc) is 2.45. The second-order valence-electron chi connectivity index (χ2n) is 5.15. The van der Waals surface area contributed by atoms with Gasteiger partial charge in [-0.1, -0.05) is 23.7 Å². The number of aryl methyl sites for hydroxylation is 1. The Labute approximate surface area is 130 Å². The first kappa shape index (κ1) is 15.7. The van der Waals surface area contributed by atoms with Crippen molar-refractivity contribution >= 4 is 17.4 Å². The fraction of sp³-hybridized carbons (Fsp3) is 0.400. The van der Waals surface area contributed by atoms with Gasteiger partial charge in [0.1, 0.15) is 11.5 Å². The lowest BCUT2D eigenvalue weighted by atomic mass is 10.1. The molecule has 112 valence electrons. The number of benzene rings is 1. The Kier molecular flexibility index (Phi) is 5.47. The zero-order valence-corrected chi connectivity index (χ0v) is 13.4. The number of rotatable bonds is 6. The second-order valence-corrected chi connectivity index (χ2v) is 5.58. The fourth-order valence-electron chi connectivity index (χ4n) is 1.93. The normalized spacial score (nSPS) is 10.9. The lowest BCUT2D eigenvalue weighted by Crippen LogP contribution is -2.17. The van der Waals surface area contributed by atoms with Gasteiger partial charge in [0.15, 0.2) is 5.82 Å². The second kappa shape index (κ2) is 7.33. The van der Waals surface area contributed by atoms with Crippen LogP contribution in [0.15, 0.2) is 24.3 Å². The van der Waals surface area contributed by atoms with Gasteiger partial charge < -0.3 is 10.2 Å². The minimum Gasteiger partial charge on any atom is -0.368 e. The molecule has 1 aromatic carbocycles. The van der Waals surface area contributed by atoms with Crippen molar-refractivity contribution in [1.82, 2.24) is 20.1 Å². The van der Waals surface area contributed by atoms with Crippen LogP contribution in [-0.4, -0.2) is 47.3 Å². The molecule has 0 atom stereocenters. The van der Waals surface area contributed by atoms with Crippen LogP contribution in [0.5, 0.6) is 0 Å². The molecule has 0 fully saturated rings. The molecular weight excluding hydrogens is 286 g/mol. The van der Waals surface area contributed by atoms with Crippen LogP contribution in [0, 0.1) is 6.92 Å². The molecule has 0 bridgehead atoms. The predicted octanol–water partition coefficient (Wildman–Crippen LogP) is 2.86. The largest absolute Gasteiger partial charge is 0.368 e. The van der Waals surface area contributed by atoms with E-state index in [9.17, 15) is 0 Å². The van der Waals surface area contributed by atoms with Crippen LogP contribution < -0.4 is 5.32 Å². The third kappa shape index (κ3) is 4.65. The molecular formula is C15H20ClN5. The molecule has 0 radical (unpaired) electrons. The summed E-state index contributed by atoms with van der Waals surface area (Å²) in [5.41, 5.74) is 1.71. The van der Waals surface area contributed by atoms with Gasteiger partial charge in [-0.05, 0) is 46.1 Å². The maximum atomic E-state index is 5.92. The van der Waals surface area contributed by atoms with Crippen molar-refractivity contribution in [2.24, 2.45) is 0 Å². The summed E-state index contributed by atoms with van der Waals surface area (Å²) in [5, 5.41) is 12.4. The number of hydrogen-bond donors (Lipinski definition) is 1. The third-order valence-corrected chi connectivity index (χ3v) is 3.24. The van der Waals surface area contributed by atoms with E-state index in [1.165, 1.54) is 0 Å². The molecule has 0 unspecified atom stereocenters. The standard InChI is InChI=1S/C15H20ClN5/c1-11-18-15(17-9-4-10-21(2)3)14(20-19-11)12-5-7-13(16)8-6-12/h5-8H,4,9-10H2,1-3H3,(H,17,18,19). The number of nitrogens with zero attached hydrogens (tertiary/aromatic N) is 4. The molecule has 2 aromatic rings. The molecule has 0 saturated carbocycles. The van der Waals surface area contributed by atoms with Crippen LogP contribution in [-0.2, 0) is 0 Å². The average molecular weight is 306 g/mol. The van der Waals surface area contributed by atoms with Gasteiger partial charge in [-0.3, -0.25) is 0 Å². The maximum absolute atomic E-state index is 5.92. The van der Waals surface area contributed by atoms with E-state index in [-0.39, 0.29) is 0 Å². The summed E-state index contributed by atoms with van der Waals surface area (Å²) in [7, 11) is 4.13. The van der Waals surface area contributed by atoms with E-state index in [0.29, 0.717) is 10.8 Å². The summed E-state index contributed by atoms with van der Waals surface area (Å²) in [6.45, 7) is 3.71. The van der Waals surface area contributed by atoms with Gasteiger partial charge in [-0.25, -0.2) is 4.98 Å². The van der Waals surface area contributed by atoms with E-state index in [1.54, 1.807) is 0 Å². The maximum Gasteiger partial charge on any atom is 0.156 e. The van der Waals surface area contributed by atoms with Crippen molar-refractivity contribution in [3.8, 4) is 11.3 Å². The Morgan fingerprint density at radius 2 is 1.86 bits per heavy atom. The first-order valence-electron chi connectivity index (χ1n) is 6.92. The summed E-state index contributed by atoms with van der Waals surface area (Å²) in [5.74, 6) is 1.42. The van der Waals surface area contributed by atoms with Gasteiger partial charge in [0.25, 0.3) is 0 Å². The Hall–Kier alpha value is -1.72. The number of aromatic nitrogens is 3. The van der Waals surface area contributed by atoms with E-state index in [2.05, 4.69) is 39.5 Å². The van der Waals surface area contributed by atoms with Crippen LogP contribution in [0.2, 0.25) is 5.02 Å². The molecule has 0 aliphatic heterocycles. The van der Waals surface area contributed by atoms with E-state index < -0.39 is 0 Å². The number of nitrogens with one attached hydrogen (secondary N) is 1. The molecule has 1 heterocycles. The Bertz CT molecular complexity index is 583. The van der Waals surface area contributed by atoms with Gasteiger partial charge in [-0.15, -0.1) is 10.2 Å². The number of hydrogen-bond acceptors (Lipinski definition) is 5. The zero-order chi connectivity index (χ0) is 15.2. The van der Waals surface area contributed by atoms with Crippen LogP contribution in [0.3, 0.4) is 0 Å². The summed E-state index contributed by atoms with van der Waals surface area (Å²) in [6.07, 6.45) is 1.04. The fourth-order valence-corrected chi connectivity index (χ4v) is 2.06. The molecule has 0 amide bonds. The molecule has 6 heteroatoms. The SMILES string of the molecule is Cc1nnc(-c2ccc(Cl)cc2)c(NCCCN(C)C)n1. The first-order chi connectivity index (χ1) is 10.1. The molecule has 21 heavy (non-hydrogen) atoms. The number of anilines is 1. The summed E-state index contributed by atoms with van der Waals surface area (Å²) >= 11 is 5.92. The highest BCUT2D eigenvalue weighted by atomic mass is 35.5. The zero-order valence-electron chi connectivity index (χ0n) is 12.6. The third-order valence-electron chi connectivity index (χ3n) is 2.98. The van der Waals surface area contributed by atoms with Gasteiger partial charge >= 0.3 is 0 Å². The first-order valence-corrected chi connectivity index (χ1v) is 7.30. The quantitative estimate of drug-likeness (QED) is 0.832. The number of halogens is 1. The van der Waals surface area contributed by atoms with Gasteiger partial charge in [0.2, 0.25) is 0 Å². The molecule has 1 aromatic heterocycles. The molecule has 1 N–H and O–H groups in total. The van der Waals surface area contributed by atoms with Crippen molar-refractivity contribution in [3.05, 3.63) is 35.1 Å². The van der Waals surface area contributed by atoms with Gasteiger partial charge in [-0.2, -0.15) is 0 Å². The highest BCUT2D eigenvalue weighted by molar-refractivity contribution is 6.30. The molecule has 0 aliphatic carbocycles. The lowest BCUT2D eigenvalue weighted by Gasteiger charge is -2.12. The minimum absolute atomic E-state index is 0.655. The Morgan fingerprint density at radius 3 is 2.52 bits per heavy atom. The van der Waals surface area contributed by atoms with Gasteiger partial charge in [0, 0.05) is 17.1 Å². The highest BCUT2D eigenvalue weighted by Crippen LogP contribution is 2.24. The summed E-state index contributed by atoms with van der Waals surface area (Å²) < 4.78 is 0. The Morgan fingerprint density at radius 1 is 1.14 bits per heavy atom. The van der Waals surface area contributed by atoms with Crippen LogP contribution in [0.4, 0.5) is 5.82 Å². The van der Waals surface area contributed by atoms with Crippen LogP contribution in [0.25, 0.3) is 11.3 Å². The molecule has 5 nitrogen and oxygen atoms in total. The van der Waals surface area contributed by atoms with Crippen molar-refractivity contribution in [3.63, 3.8) is 0 Å². The van der Waals surface area contributed by atoms with Crippen LogP contribution >= 0.6 is 11.6 Å². The van der Waals surface area contributed by atoms with Gasteiger partial charge in [0.05, 0.1) is 0 Å². The van der Waals surface area contributed by atoms with Crippen molar-refractivity contribution < 1.29 is 0 Å². The summed E-state index contributed by atoms with van der Waals surface area (Å²) in [6, 6.07) is 7.53. The monoisotopic (exact) mass is 305 g/mol. The predicted molar refractivity (Wildman–Crippen MR) is 86.7 cm³/mol. The lowest BCUT2D eigenvalue weighted by molar-refractivity contribution is 0.405. The van der Waals surface area contributed by atoms with E-state index in [0.717, 1.165) is 36.6 Å². The minimum atomic E-state index is 0.655. The van der Waals surface area contributed by atoms with E-state index >= 15 is 0 Å². The van der Waals surface area contributed by atoms with Crippen molar-refractivity contribution in [2.45, 2.75) is 13.3 Å². The topological polar surface area (TPSA) is 53.9 Å². The summed E-state index contributed by atoms with van der Waals surface area (Å²) in [4.78, 5) is 6.62. The van der Waals surface area contributed by atoms with Crippen LogP contribution in [0.1, 0.15) is 12.2 Å². The smallest absolute Gasteiger partial charge is 0.156 e. The van der Waals surface area contributed by atoms with E-state index in [1.807, 2.05) is 31.2 Å². The van der Waals surface area contributed by atoms with Crippen molar-refractivity contribution in [2.75, 3.05) is 32.5 Å². The van der Waals surface area contributed by atoms with E-state index in [4.69, 9.17) is 11.6 Å². The van der Waals surface area contributed by atoms with Crippen molar-refractivity contribution in [1.29, 1.82) is 0 Å². The molecule has 0 spiro atoms. The molecule has 0 aliphatic rings. The Balaban J connectivity index is 2.15. The molecule has 2 rings (SSSR count). The molecule has 0 saturated heterocycles.